The fourth-order valence-electron chi connectivity index (χ4n) is 1.63. The third-order valence-electron chi connectivity index (χ3n) is 2.15. The first-order chi connectivity index (χ1) is 6.75. The molecule has 1 aromatic heterocycles. The van der Waals surface area contributed by atoms with Gasteiger partial charge in [0, 0.05) is 18.5 Å². The molecule has 0 spiro atoms. The molecular formula is C13H12N. The van der Waals surface area contributed by atoms with Gasteiger partial charge in [-0.05, 0) is 31.0 Å². The number of aryl methyl sites for hydroxylation is 2. The summed E-state index contributed by atoms with van der Waals surface area (Å²) in [7, 11) is 0. The van der Waals surface area contributed by atoms with Crippen LogP contribution in [-0.2, 0) is 0 Å². The van der Waals surface area contributed by atoms with E-state index in [9.17, 15) is 0 Å². The zero-order valence-corrected chi connectivity index (χ0v) is 8.41. The Morgan fingerprint density at radius 1 is 1.07 bits per heavy atom. The fraction of sp³-hybridized carbons (Fsp3) is 0.154. The average molecular weight is 182 g/mol. The third-order valence-corrected chi connectivity index (χ3v) is 2.15. The number of nitrogens with zero attached hydrogens (tertiary/aromatic N) is 1. The molecule has 0 atom stereocenters. The van der Waals surface area contributed by atoms with Gasteiger partial charge in [0.1, 0.15) is 0 Å². The van der Waals surface area contributed by atoms with Crippen molar-refractivity contribution >= 4 is 0 Å². The van der Waals surface area contributed by atoms with Gasteiger partial charge in [-0.2, -0.15) is 0 Å². The van der Waals surface area contributed by atoms with Gasteiger partial charge in [-0.25, -0.2) is 0 Å². The molecule has 0 N–H and O–H groups in total. The third kappa shape index (κ3) is 1.82. The molecule has 1 radical (unpaired) electrons. The van der Waals surface area contributed by atoms with Crippen molar-refractivity contribution in [2.75, 3.05) is 0 Å². The summed E-state index contributed by atoms with van der Waals surface area (Å²) in [5.74, 6) is 0. The quantitative estimate of drug-likeness (QED) is 0.660. The Bertz CT molecular complexity index is 412. The van der Waals surface area contributed by atoms with Crippen LogP contribution >= 0.6 is 0 Å². The minimum absolute atomic E-state index is 1.10. The lowest BCUT2D eigenvalue weighted by Gasteiger charge is -2.03. The number of aromatic nitrogens is 1. The van der Waals surface area contributed by atoms with Crippen molar-refractivity contribution < 1.29 is 0 Å². The normalized spacial score (nSPS) is 10.1. The van der Waals surface area contributed by atoms with E-state index in [2.05, 4.69) is 43.1 Å². The Morgan fingerprint density at radius 3 is 2.36 bits per heavy atom. The molecule has 1 aromatic carbocycles. The lowest BCUT2D eigenvalue weighted by molar-refractivity contribution is 1.32. The SMILES string of the molecule is Cc1cc(C)cc(-c2[c]cncc2)c1. The summed E-state index contributed by atoms with van der Waals surface area (Å²) in [6.07, 6.45) is 3.50. The molecule has 69 valence electrons. The van der Waals surface area contributed by atoms with Gasteiger partial charge >= 0.3 is 0 Å². The molecule has 0 unspecified atom stereocenters. The molecule has 0 saturated heterocycles. The zero-order valence-electron chi connectivity index (χ0n) is 8.41. The van der Waals surface area contributed by atoms with E-state index in [1.807, 2.05) is 6.07 Å². The first-order valence-electron chi connectivity index (χ1n) is 4.66. The predicted molar refractivity (Wildman–Crippen MR) is 58.0 cm³/mol. The molecule has 1 heteroatoms. The first-order valence-corrected chi connectivity index (χ1v) is 4.66. The van der Waals surface area contributed by atoms with Crippen LogP contribution < -0.4 is 0 Å². The maximum atomic E-state index is 3.96. The molecule has 1 heterocycles. The van der Waals surface area contributed by atoms with Gasteiger partial charge in [-0.3, -0.25) is 4.98 Å². The van der Waals surface area contributed by atoms with Crippen molar-refractivity contribution in [2.45, 2.75) is 13.8 Å². The van der Waals surface area contributed by atoms with Crippen molar-refractivity contribution in [1.82, 2.24) is 4.98 Å². The van der Waals surface area contributed by atoms with E-state index < -0.39 is 0 Å². The first kappa shape index (κ1) is 8.95. The van der Waals surface area contributed by atoms with Crippen LogP contribution in [-0.4, -0.2) is 4.98 Å². The lowest BCUT2D eigenvalue weighted by Crippen LogP contribution is -1.83. The van der Waals surface area contributed by atoms with Gasteiger partial charge in [0.25, 0.3) is 0 Å². The molecule has 0 aliphatic heterocycles. The number of hydrogen-bond donors (Lipinski definition) is 0. The Kier molecular flexibility index (Phi) is 2.32. The second kappa shape index (κ2) is 3.62. The molecule has 0 saturated carbocycles. The molecule has 14 heavy (non-hydrogen) atoms. The summed E-state index contributed by atoms with van der Waals surface area (Å²) >= 11 is 0. The predicted octanol–water partition coefficient (Wildman–Crippen LogP) is 3.17. The van der Waals surface area contributed by atoms with Crippen LogP contribution in [0.4, 0.5) is 0 Å². The van der Waals surface area contributed by atoms with Gasteiger partial charge < -0.3 is 0 Å². The van der Waals surface area contributed by atoms with E-state index in [0.717, 1.165) is 5.56 Å². The number of pyridine rings is 1. The van der Waals surface area contributed by atoms with Crippen LogP contribution in [0.1, 0.15) is 11.1 Å². The molecule has 1 nitrogen and oxygen atoms in total. The maximum Gasteiger partial charge on any atom is 0.0353 e. The second-order valence-electron chi connectivity index (χ2n) is 3.53. The van der Waals surface area contributed by atoms with E-state index in [-0.39, 0.29) is 0 Å². The van der Waals surface area contributed by atoms with Crippen LogP contribution in [0, 0.1) is 19.9 Å². The molecule has 0 amide bonds. The molecule has 0 aliphatic rings. The molecular weight excluding hydrogens is 170 g/mol. The van der Waals surface area contributed by atoms with Crippen molar-refractivity contribution in [3.63, 3.8) is 0 Å². The van der Waals surface area contributed by atoms with E-state index in [0.29, 0.717) is 0 Å². The van der Waals surface area contributed by atoms with Crippen molar-refractivity contribution in [1.29, 1.82) is 0 Å². The summed E-state index contributed by atoms with van der Waals surface area (Å²) in [4.78, 5) is 3.96. The van der Waals surface area contributed by atoms with Crippen LogP contribution in [0.3, 0.4) is 0 Å². The van der Waals surface area contributed by atoms with Crippen LogP contribution in [0.5, 0.6) is 0 Å². The Morgan fingerprint density at radius 2 is 1.79 bits per heavy atom. The second-order valence-corrected chi connectivity index (χ2v) is 3.53. The number of hydrogen-bond acceptors (Lipinski definition) is 1. The largest absolute Gasteiger partial charge is 0.264 e. The summed E-state index contributed by atoms with van der Waals surface area (Å²) in [6.45, 7) is 4.22. The van der Waals surface area contributed by atoms with Gasteiger partial charge in [0.05, 0.1) is 0 Å². The molecule has 0 bridgehead atoms. The number of rotatable bonds is 1. The average Bonchev–Trinajstić information content (AvgIpc) is 2.18. The highest BCUT2D eigenvalue weighted by Gasteiger charge is 1.98. The summed E-state index contributed by atoms with van der Waals surface area (Å²) in [5.41, 5.74) is 4.88. The van der Waals surface area contributed by atoms with Gasteiger partial charge in [0.15, 0.2) is 0 Å². The van der Waals surface area contributed by atoms with E-state index >= 15 is 0 Å². The lowest BCUT2D eigenvalue weighted by atomic mass is 10.0. The van der Waals surface area contributed by atoms with E-state index in [4.69, 9.17) is 0 Å². The fourth-order valence-corrected chi connectivity index (χ4v) is 1.63. The number of benzene rings is 1. The minimum atomic E-state index is 1.10. The smallest absolute Gasteiger partial charge is 0.0353 e. The van der Waals surface area contributed by atoms with E-state index in [1.165, 1.54) is 16.7 Å². The zero-order chi connectivity index (χ0) is 9.97. The highest BCUT2D eigenvalue weighted by atomic mass is 14.6. The van der Waals surface area contributed by atoms with Crippen LogP contribution in [0.2, 0.25) is 0 Å². The molecule has 2 aromatic rings. The van der Waals surface area contributed by atoms with Gasteiger partial charge in [0.2, 0.25) is 0 Å². The van der Waals surface area contributed by atoms with Crippen molar-refractivity contribution in [2.24, 2.45) is 0 Å². The van der Waals surface area contributed by atoms with Crippen LogP contribution in [0.15, 0.2) is 36.7 Å². The maximum absolute atomic E-state index is 3.96. The summed E-state index contributed by atoms with van der Waals surface area (Å²) in [6, 6.07) is 11.6. The van der Waals surface area contributed by atoms with Crippen LogP contribution in [0.25, 0.3) is 11.1 Å². The Balaban J connectivity index is 2.52. The molecule has 0 fully saturated rings. The highest BCUT2D eigenvalue weighted by Crippen LogP contribution is 2.20. The van der Waals surface area contributed by atoms with E-state index in [1.54, 1.807) is 12.4 Å². The highest BCUT2D eigenvalue weighted by molar-refractivity contribution is 5.63. The summed E-state index contributed by atoms with van der Waals surface area (Å²) < 4.78 is 0. The minimum Gasteiger partial charge on any atom is -0.264 e. The topological polar surface area (TPSA) is 12.9 Å². The van der Waals surface area contributed by atoms with Crippen molar-refractivity contribution in [3.8, 4) is 11.1 Å². The van der Waals surface area contributed by atoms with Crippen molar-refractivity contribution in [3.05, 3.63) is 53.9 Å². The Labute approximate surface area is 84.4 Å². The molecule has 2 rings (SSSR count). The monoisotopic (exact) mass is 182 g/mol. The Hall–Kier alpha value is -1.63. The standard InChI is InChI=1S/C13H12N/c1-10-7-11(2)9-13(8-10)12-3-5-14-6-4-12/h3,5-9H,1-2H3. The molecule has 0 aliphatic carbocycles. The summed E-state index contributed by atoms with van der Waals surface area (Å²) in [5, 5.41) is 0. The van der Waals surface area contributed by atoms with Gasteiger partial charge in [-0.15, -0.1) is 0 Å². The van der Waals surface area contributed by atoms with Gasteiger partial charge in [-0.1, -0.05) is 29.3 Å².